The quantitative estimate of drug-likeness (QED) is 0.832. The molecule has 0 aliphatic rings. The lowest BCUT2D eigenvalue weighted by atomic mass is 10.1. The van der Waals surface area contributed by atoms with Crippen LogP contribution >= 0.6 is 12.2 Å². The van der Waals surface area contributed by atoms with Crippen LogP contribution < -0.4 is 10.7 Å². The van der Waals surface area contributed by atoms with Crippen molar-refractivity contribution in [1.29, 1.82) is 0 Å². The third kappa shape index (κ3) is 2.06. The smallest absolute Gasteiger partial charge is 0.262 e. The number of nitrogens with zero attached hydrogens (tertiary/aromatic N) is 1. The maximum Gasteiger partial charge on any atom is 0.262 e. The molecule has 0 amide bonds. The molecule has 0 bridgehead atoms. The Kier molecular flexibility index (Phi) is 3.29. The van der Waals surface area contributed by atoms with E-state index >= 15 is 0 Å². The van der Waals surface area contributed by atoms with Crippen molar-refractivity contribution in [2.24, 2.45) is 0 Å². The Balaban J connectivity index is 2.78. The van der Waals surface area contributed by atoms with Gasteiger partial charge in [-0.15, -0.1) is 0 Å². The first-order valence-electron chi connectivity index (χ1n) is 5.53. The van der Waals surface area contributed by atoms with Crippen LogP contribution in [0.2, 0.25) is 0 Å². The number of hydrogen-bond acceptors (Lipinski definition) is 4. The van der Waals surface area contributed by atoms with Gasteiger partial charge in [-0.3, -0.25) is 9.36 Å². The number of aromatic carboxylic acids is 1. The van der Waals surface area contributed by atoms with Crippen molar-refractivity contribution >= 4 is 29.1 Å². The van der Waals surface area contributed by atoms with Gasteiger partial charge in [0.25, 0.3) is 5.56 Å². The molecule has 1 N–H and O–H groups in total. The van der Waals surface area contributed by atoms with Crippen molar-refractivity contribution in [3.05, 3.63) is 38.9 Å². The molecule has 0 fully saturated rings. The average Bonchev–Trinajstić information content (AvgIpc) is 2.33. The zero-order valence-electron chi connectivity index (χ0n) is 9.73. The average molecular weight is 263 g/mol. The lowest BCUT2D eigenvalue weighted by Crippen LogP contribution is -2.24. The number of fused-ring (bicyclic) bond motifs is 1. The van der Waals surface area contributed by atoms with Gasteiger partial charge in [-0.1, -0.05) is 13.0 Å². The monoisotopic (exact) mass is 263 g/mol. The van der Waals surface area contributed by atoms with Gasteiger partial charge in [0, 0.05) is 6.54 Å². The fourth-order valence-electron chi connectivity index (χ4n) is 1.81. The molecule has 2 rings (SSSR count). The highest BCUT2D eigenvalue weighted by Gasteiger charge is 2.06. The van der Waals surface area contributed by atoms with Crippen LogP contribution in [-0.2, 0) is 6.54 Å². The van der Waals surface area contributed by atoms with Crippen LogP contribution in [0.5, 0.6) is 0 Å². The van der Waals surface area contributed by atoms with Crippen LogP contribution in [0.15, 0.2) is 23.0 Å². The van der Waals surface area contributed by atoms with Crippen LogP contribution in [0.1, 0.15) is 23.7 Å². The van der Waals surface area contributed by atoms with E-state index in [0.717, 1.165) is 6.42 Å². The molecule has 0 unspecified atom stereocenters. The Morgan fingerprint density at radius 2 is 2.22 bits per heavy atom. The number of aromatic nitrogens is 2. The highest BCUT2D eigenvalue weighted by atomic mass is 32.1. The van der Waals surface area contributed by atoms with Crippen LogP contribution in [-0.4, -0.2) is 15.5 Å². The van der Waals surface area contributed by atoms with Crippen molar-refractivity contribution in [3.8, 4) is 0 Å². The number of carbonyl (C=O) groups is 1. The van der Waals surface area contributed by atoms with E-state index in [2.05, 4.69) is 4.98 Å². The highest BCUT2D eigenvalue weighted by molar-refractivity contribution is 7.71. The Labute approximate surface area is 108 Å². The normalized spacial score (nSPS) is 10.7. The second-order valence-electron chi connectivity index (χ2n) is 3.93. The predicted molar refractivity (Wildman–Crippen MR) is 68.0 cm³/mol. The van der Waals surface area contributed by atoms with Gasteiger partial charge in [-0.05, 0) is 36.3 Å². The molecule has 18 heavy (non-hydrogen) atoms. The standard InChI is InChI=1S/C12H12N2O3S/c1-2-5-14-10(15)8-4-3-7(11(16)17)6-9(8)13-12(14)18/h3-4,6H,2,5H2,1H3,(H,13,18)(H,16,17)/p-1. The molecule has 0 aliphatic carbocycles. The fraction of sp³-hybridized carbons (Fsp3) is 0.250. The third-order valence-electron chi connectivity index (χ3n) is 2.66. The molecular formula is C12H11N2O3S-. The van der Waals surface area contributed by atoms with Crippen LogP contribution in [0, 0.1) is 4.77 Å². The molecule has 1 heterocycles. The topological polar surface area (TPSA) is 77.9 Å². The van der Waals surface area contributed by atoms with E-state index < -0.39 is 5.97 Å². The first kappa shape index (κ1) is 12.5. The summed E-state index contributed by atoms with van der Waals surface area (Å²) >= 11 is 5.09. The van der Waals surface area contributed by atoms with Crippen molar-refractivity contribution in [2.45, 2.75) is 19.9 Å². The number of carbonyl (C=O) groups excluding carboxylic acids is 1. The molecule has 1 aromatic heterocycles. The van der Waals surface area contributed by atoms with E-state index in [1.165, 1.54) is 22.8 Å². The lowest BCUT2D eigenvalue weighted by Gasteiger charge is -2.08. The zero-order chi connectivity index (χ0) is 13.3. The molecule has 0 atom stereocenters. The summed E-state index contributed by atoms with van der Waals surface area (Å²) in [4.78, 5) is 25.7. The molecule has 94 valence electrons. The molecule has 0 spiro atoms. The summed E-state index contributed by atoms with van der Waals surface area (Å²) in [5.41, 5.74) is 0.223. The highest BCUT2D eigenvalue weighted by Crippen LogP contribution is 2.10. The summed E-state index contributed by atoms with van der Waals surface area (Å²) in [6.07, 6.45) is 0.792. The number of rotatable bonds is 3. The SMILES string of the molecule is CCCn1c(=S)[nH]c2cc(C(=O)[O-])ccc2c1=O. The molecule has 1 aromatic carbocycles. The molecule has 2 aromatic rings. The summed E-state index contributed by atoms with van der Waals surface area (Å²) in [6.45, 7) is 2.48. The number of aromatic amines is 1. The summed E-state index contributed by atoms with van der Waals surface area (Å²) in [5, 5.41) is 11.2. The second kappa shape index (κ2) is 4.73. The summed E-state index contributed by atoms with van der Waals surface area (Å²) in [5.74, 6) is -1.28. The van der Waals surface area contributed by atoms with E-state index in [9.17, 15) is 14.7 Å². The number of nitrogens with one attached hydrogen (secondary N) is 1. The summed E-state index contributed by atoms with van der Waals surface area (Å²) in [6, 6.07) is 4.19. The van der Waals surface area contributed by atoms with Crippen LogP contribution in [0.4, 0.5) is 0 Å². The van der Waals surface area contributed by atoms with Gasteiger partial charge in [0.2, 0.25) is 0 Å². The Morgan fingerprint density at radius 1 is 1.50 bits per heavy atom. The number of benzene rings is 1. The third-order valence-corrected chi connectivity index (χ3v) is 2.99. The van der Waals surface area contributed by atoms with Crippen molar-refractivity contribution in [1.82, 2.24) is 9.55 Å². The van der Waals surface area contributed by atoms with Gasteiger partial charge >= 0.3 is 0 Å². The number of carboxylic acid groups (broad SMARTS) is 1. The van der Waals surface area contributed by atoms with E-state index in [1.54, 1.807) is 0 Å². The second-order valence-corrected chi connectivity index (χ2v) is 4.32. The Bertz CT molecular complexity index is 730. The maximum absolute atomic E-state index is 12.1. The lowest BCUT2D eigenvalue weighted by molar-refractivity contribution is -0.255. The van der Waals surface area contributed by atoms with Crippen molar-refractivity contribution in [2.75, 3.05) is 0 Å². The van der Waals surface area contributed by atoms with Crippen molar-refractivity contribution in [3.63, 3.8) is 0 Å². The minimum atomic E-state index is -1.28. The number of hydrogen-bond donors (Lipinski definition) is 1. The Morgan fingerprint density at radius 3 is 2.83 bits per heavy atom. The Hall–Kier alpha value is -1.95. The molecule has 6 heteroatoms. The van der Waals surface area contributed by atoms with E-state index in [-0.39, 0.29) is 11.1 Å². The van der Waals surface area contributed by atoms with Crippen molar-refractivity contribution < 1.29 is 9.90 Å². The van der Waals surface area contributed by atoms with Gasteiger partial charge < -0.3 is 14.9 Å². The molecule has 0 saturated carbocycles. The first-order chi connectivity index (χ1) is 8.54. The maximum atomic E-state index is 12.1. The number of H-pyrrole nitrogens is 1. The van der Waals surface area contributed by atoms with Gasteiger partial charge in [-0.25, -0.2) is 0 Å². The molecule has 0 radical (unpaired) electrons. The largest absolute Gasteiger partial charge is 0.545 e. The van der Waals surface area contributed by atoms with Gasteiger partial charge in [0.1, 0.15) is 0 Å². The summed E-state index contributed by atoms with van der Waals surface area (Å²) < 4.78 is 1.76. The molecule has 5 nitrogen and oxygen atoms in total. The van der Waals surface area contributed by atoms with Crippen LogP contribution in [0.3, 0.4) is 0 Å². The minimum absolute atomic E-state index is 0.0146. The predicted octanol–water partition coefficient (Wildman–Crippen LogP) is 0.833. The van der Waals surface area contributed by atoms with Crippen LogP contribution in [0.25, 0.3) is 10.9 Å². The van der Waals surface area contributed by atoms with Gasteiger partial charge in [0.05, 0.1) is 16.9 Å². The summed E-state index contributed by atoms with van der Waals surface area (Å²) in [7, 11) is 0. The fourth-order valence-corrected chi connectivity index (χ4v) is 2.09. The van der Waals surface area contributed by atoms with Gasteiger partial charge in [0.15, 0.2) is 4.77 Å². The zero-order valence-corrected chi connectivity index (χ0v) is 10.5. The first-order valence-corrected chi connectivity index (χ1v) is 5.93. The van der Waals surface area contributed by atoms with E-state index in [4.69, 9.17) is 12.2 Å². The molecular weight excluding hydrogens is 252 g/mol. The van der Waals surface area contributed by atoms with Gasteiger partial charge in [-0.2, -0.15) is 0 Å². The minimum Gasteiger partial charge on any atom is -0.545 e. The van der Waals surface area contributed by atoms with E-state index in [0.29, 0.717) is 22.2 Å². The van der Waals surface area contributed by atoms with E-state index in [1.807, 2.05) is 6.92 Å². The molecule has 0 saturated heterocycles. The number of carboxylic acids is 1. The molecule has 0 aliphatic heterocycles.